The molecule has 0 fully saturated rings. The Morgan fingerprint density at radius 1 is 0.681 bits per heavy atom. The second-order valence-corrected chi connectivity index (χ2v) is 11.6. The van der Waals surface area contributed by atoms with Gasteiger partial charge in [-0.05, 0) is 90.9 Å². The number of halogens is 1. The number of nitrogens with one attached hydrogen (secondary N) is 3. The van der Waals surface area contributed by atoms with E-state index in [1.807, 2.05) is 36.4 Å². The molecule has 0 saturated heterocycles. The van der Waals surface area contributed by atoms with Crippen molar-refractivity contribution in [1.82, 2.24) is 5.32 Å². The van der Waals surface area contributed by atoms with Crippen LogP contribution in [0.3, 0.4) is 0 Å². The highest BCUT2D eigenvalue weighted by atomic mass is 32.2. The highest BCUT2D eigenvalue weighted by Crippen LogP contribution is 2.37. The Balaban J connectivity index is 1.36. The molecule has 0 heterocycles. The average Bonchev–Trinajstić information content (AvgIpc) is 3.09. The Bertz CT molecular complexity index is 1910. The van der Waals surface area contributed by atoms with Gasteiger partial charge < -0.3 is 16.0 Å². The molecule has 0 bridgehead atoms. The van der Waals surface area contributed by atoms with Crippen molar-refractivity contribution in [2.24, 2.45) is 0 Å². The number of carbonyl (C=O) groups is 4. The van der Waals surface area contributed by atoms with Crippen molar-refractivity contribution in [3.05, 3.63) is 167 Å². The normalized spacial score (nSPS) is 11.7. The molecule has 0 aliphatic rings. The van der Waals surface area contributed by atoms with Gasteiger partial charge >= 0.3 is 0 Å². The zero-order valence-electron chi connectivity index (χ0n) is 25.3. The number of ketones is 1. The molecule has 0 saturated carbocycles. The van der Waals surface area contributed by atoms with Crippen LogP contribution in [0.2, 0.25) is 0 Å². The number of benzene rings is 5. The van der Waals surface area contributed by atoms with E-state index in [2.05, 4.69) is 16.0 Å². The Hall–Kier alpha value is -5.80. The van der Waals surface area contributed by atoms with Gasteiger partial charge in [0, 0.05) is 27.4 Å². The van der Waals surface area contributed by atoms with Crippen molar-refractivity contribution < 1.29 is 23.6 Å². The van der Waals surface area contributed by atoms with Gasteiger partial charge in [0.25, 0.3) is 11.8 Å². The summed E-state index contributed by atoms with van der Waals surface area (Å²) in [6.07, 6.45) is 1.47. The van der Waals surface area contributed by atoms with E-state index in [0.717, 1.165) is 5.56 Å². The summed E-state index contributed by atoms with van der Waals surface area (Å²) in [6, 6.07) is 37.0. The summed E-state index contributed by atoms with van der Waals surface area (Å²) in [4.78, 5) is 52.4. The molecule has 0 radical (unpaired) electrons. The maximum Gasteiger partial charge on any atom is 0.272 e. The van der Waals surface area contributed by atoms with Crippen LogP contribution in [0.5, 0.6) is 0 Å². The number of amides is 3. The van der Waals surface area contributed by atoms with Gasteiger partial charge in [-0.3, -0.25) is 19.2 Å². The third-order valence-electron chi connectivity index (χ3n) is 6.96. The van der Waals surface area contributed by atoms with Crippen LogP contribution in [0.1, 0.15) is 44.0 Å². The van der Waals surface area contributed by atoms with Crippen molar-refractivity contribution in [3.63, 3.8) is 0 Å². The average molecular weight is 644 g/mol. The molecule has 5 aromatic carbocycles. The number of thioether (sulfide) groups is 1. The number of hydrogen-bond acceptors (Lipinski definition) is 5. The van der Waals surface area contributed by atoms with Gasteiger partial charge in [-0.25, -0.2) is 4.39 Å². The van der Waals surface area contributed by atoms with Crippen LogP contribution in [0.15, 0.2) is 144 Å². The molecule has 1 unspecified atom stereocenters. The van der Waals surface area contributed by atoms with Crippen molar-refractivity contribution in [2.45, 2.75) is 17.1 Å². The van der Waals surface area contributed by atoms with E-state index in [4.69, 9.17) is 0 Å². The van der Waals surface area contributed by atoms with Crippen LogP contribution in [0.4, 0.5) is 15.8 Å². The zero-order chi connectivity index (χ0) is 33.2. The quantitative estimate of drug-likeness (QED) is 0.0771. The minimum Gasteiger partial charge on any atom is -0.325 e. The van der Waals surface area contributed by atoms with E-state index in [0.29, 0.717) is 33.0 Å². The first-order valence-corrected chi connectivity index (χ1v) is 15.5. The predicted octanol–water partition coefficient (Wildman–Crippen LogP) is 7.91. The molecule has 0 aliphatic heterocycles. The molecule has 234 valence electrons. The Kier molecular flexibility index (Phi) is 10.7. The fourth-order valence-corrected chi connectivity index (χ4v) is 5.63. The van der Waals surface area contributed by atoms with E-state index in [9.17, 15) is 23.6 Å². The van der Waals surface area contributed by atoms with Crippen LogP contribution >= 0.6 is 11.8 Å². The number of carbonyl (C=O) groups excluding carboxylic acids is 4. The standard InChI is InChI=1S/C38H30FN3O4S/c1-25(43)27-17-21-31(22-18-27)40-38(46)35(28-9-4-2-5-10-28)47-33-14-8-13-32(24-33)41-37(45)34(23-26-15-19-30(39)20-16-26)42-36(44)29-11-6-3-7-12-29/h2-24,35H,1H3,(H,40,46)(H,41,45)(H,42,44)/b34-23-. The summed E-state index contributed by atoms with van der Waals surface area (Å²) in [6.45, 7) is 1.48. The largest absolute Gasteiger partial charge is 0.325 e. The zero-order valence-corrected chi connectivity index (χ0v) is 26.1. The smallest absolute Gasteiger partial charge is 0.272 e. The van der Waals surface area contributed by atoms with Crippen molar-refractivity contribution in [3.8, 4) is 0 Å². The first-order valence-electron chi connectivity index (χ1n) is 14.6. The van der Waals surface area contributed by atoms with Crippen molar-refractivity contribution in [2.75, 3.05) is 10.6 Å². The number of rotatable bonds is 11. The Morgan fingerprint density at radius 2 is 1.34 bits per heavy atom. The van der Waals surface area contributed by atoms with Crippen LogP contribution in [-0.2, 0) is 9.59 Å². The van der Waals surface area contributed by atoms with Gasteiger partial charge in [0.2, 0.25) is 5.91 Å². The van der Waals surface area contributed by atoms with Crippen molar-refractivity contribution in [1.29, 1.82) is 0 Å². The second kappa shape index (κ2) is 15.5. The van der Waals surface area contributed by atoms with Crippen LogP contribution in [-0.4, -0.2) is 23.5 Å². The molecular formula is C38H30FN3O4S. The summed E-state index contributed by atoms with van der Waals surface area (Å²) in [7, 11) is 0. The van der Waals surface area contributed by atoms with Crippen LogP contribution < -0.4 is 16.0 Å². The van der Waals surface area contributed by atoms with Crippen LogP contribution in [0, 0.1) is 5.82 Å². The third kappa shape index (κ3) is 9.12. The molecule has 5 rings (SSSR count). The van der Waals surface area contributed by atoms with Gasteiger partial charge in [-0.15, -0.1) is 11.8 Å². The van der Waals surface area contributed by atoms with Gasteiger partial charge in [0.15, 0.2) is 5.78 Å². The lowest BCUT2D eigenvalue weighted by Gasteiger charge is -2.18. The summed E-state index contributed by atoms with van der Waals surface area (Å²) >= 11 is 1.30. The lowest BCUT2D eigenvalue weighted by molar-refractivity contribution is -0.116. The summed E-state index contributed by atoms with van der Waals surface area (Å²) in [5.74, 6) is -1.83. The first kappa shape index (κ1) is 32.6. The van der Waals surface area contributed by atoms with Gasteiger partial charge in [-0.2, -0.15) is 0 Å². The second-order valence-electron chi connectivity index (χ2n) is 10.4. The predicted molar refractivity (Wildman–Crippen MR) is 183 cm³/mol. The molecular weight excluding hydrogens is 614 g/mol. The SMILES string of the molecule is CC(=O)c1ccc(NC(=O)C(Sc2cccc(NC(=O)/C(=C/c3ccc(F)cc3)NC(=O)c3ccccc3)c2)c2ccccc2)cc1. The maximum atomic E-state index is 13.6. The topological polar surface area (TPSA) is 104 Å². The fourth-order valence-electron chi connectivity index (χ4n) is 4.55. The van der Waals surface area contributed by atoms with Crippen molar-refractivity contribution >= 4 is 52.7 Å². The van der Waals surface area contributed by atoms with E-state index >= 15 is 0 Å². The van der Waals surface area contributed by atoms with E-state index in [1.54, 1.807) is 72.8 Å². The fraction of sp³-hybridized carbons (Fsp3) is 0.0526. The van der Waals surface area contributed by atoms with E-state index in [-0.39, 0.29) is 17.4 Å². The van der Waals surface area contributed by atoms with Gasteiger partial charge in [0.1, 0.15) is 16.8 Å². The molecule has 0 spiro atoms. The van der Waals surface area contributed by atoms with E-state index in [1.165, 1.54) is 49.0 Å². The lowest BCUT2D eigenvalue weighted by atomic mass is 10.1. The maximum absolute atomic E-state index is 13.6. The van der Waals surface area contributed by atoms with Gasteiger partial charge in [0.05, 0.1) is 0 Å². The third-order valence-corrected chi connectivity index (χ3v) is 8.20. The lowest BCUT2D eigenvalue weighted by Crippen LogP contribution is -2.30. The minimum absolute atomic E-state index is 0.0409. The van der Waals surface area contributed by atoms with E-state index < -0.39 is 22.9 Å². The molecule has 0 aliphatic carbocycles. The molecule has 1 atom stereocenters. The van der Waals surface area contributed by atoms with Crippen LogP contribution in [0.25, 0.3) is 6.08 Å². The molecule has 0 aromatic heterocycles. The summed E-state index contributed by atoms with van der Waals surface area (Å²) in [5.41, 5.74) is 3.15. The molecule has 3 amide bonds. The summed E-state index contributed by atoms with van der Waals surface area (Å²) in [5, 5.41) is 7.79. The highest BCUT2D eigenvalue weighted by molar-refractivity contribution is 8.00. The summed E-state index contributed by atoms with van der Waals surface area (Å²) < 4.78 is 13.5. The first-order chi connectivity index (χ1) is 22.7. The molecule has 7 nitrogen and oxygen atoms in total. The molecule has 3 N–H and O–H groups in total. The Labute approximate surface area is 275 Å². The molecule has 5 aromatic rings. The monoisotopic (exact) mass is 643 g/mol. The highest BCUT2D eigenvalue weighted by Gasteiger charge is 2.23. The number of Topliss-reactive ketones (excluding diaryl/α,β-unsaturated/α-hetero) is 1. The minimum atomic E-state index is -0.645. The molecule has 47 heavy (non-hydrogen) atoms. The Morgan fingerprint density at radius 3 is 2.00 bits per heavy atom. The number of anilines is 2. The van der Waals surface area contributed by atoms with Gasteiger partial charge in [-0.1, -0.05) is 66.7 Å². The molecule has 9 heteroatoms. The number of hydrogen-bond donors (Lipinski definition) is 3.